The van der Waals surface area contributed by atoms with Gasteiger partial charge in [0.15, 0.2) is 5.79 Å². The fraction of sp³-hybridized carbons (Fsp3) is 0.941. The van der Waals surface area contributed by atoms with Gasteiger partial charge in [-0.2, -0.15) is 0 Å². The van der Waals surface area contributed by atoms with Crippen LogP contribution < -0.4 is 0 Å². The van der Waals surface area contributed by atoms with Crippen molar-refractivity contribution in [2.75, 3.05) is 19.8 Å². The van der Waals surface area contributed by atoms with Crippen molar-refractivity contribution in [1.82, 2.24) is 0 Å². The lowest BCUT2D eigenvalue weighted by molar-refractivity contribution is -0.290. The maximum absolute atomic E-state index is 10.3. The van der Waals surface area contributed by atoms with Crippen LogP contribution in [0.15, 0.2) is 11.6 Å². The van der Waals surface area contributed by atoms with E-state index < -0.39 is 11.4 Å². The smallest absolute Gasteiger partial charge is 0.162 e. The summed E-state index contributed by atoms with van der Waals surface area (Å²) in [6, 6.07) is 0. The molecule has 0 unspecified atom stereocenters. The van der Waals surface area contributed by atoms with E-state index in [0.717, 1.165) is 49.5 Å². The summed E-state index contributed by atoms with van der Waals surface area (Å²) in [5.74, 6) is 3.61. The molecule has 1 N–H and O–H groups in total. The zero-order valence-corrected chi connectivity index (χ0v) is 25.9. The summed E-state index contributed by atoms with van der Waals surface area (Å²) >= 11 is 0. The van der Waals surface area contributed by atoms with Crippen LogP contribution >= 0.6 is 0 Å². The van der Waals surface area contributed by atoms with Gasteiger partial charge in [-0.1, -0.05) is 39.3 Å². The molecule has 1 heterocycles. The molecule has 38 heavy (non-hydrogen) atoms. The summed E-state index contributed by atoms with van der Waals surface area (Å²) in [7, 11) is 0. The van der Waals surface area contributed by atoms with Gasteiger partial charge in [-0.05, 0) is 132 Å². The first-order chi connectivity index (χ1) is 17.6. The average Bonchev–Trinajstić information content (AvgIpc) is 3.20. The molecule has 3 saturated carbocycles. The van der Waals surface area contributed by atoms with E-state index in [-0.39, 0.29) is 5.41 Å². The lowest BCUT2D eigenvalue weighted by Crippen LogP contribution is -2.51. The van der Waals surface area contributed by atoms with Crippen LogP contribution in [0.2, 0.25) is 0 Å². The van der Waals surface area contributed by atoms with Crippen LogP contribution in [-0.2, 0) is 14.2 Å². The third-order valence-corrected chi connectivity index (χ3v) is 12.2. The van der Waals surface area contributed by atoms with Crippen LogP contribution in [0.1, 0.15) is 120 Å². The number of ether oxygens (including phenoxy) is 3. The van der Waals surface area contributed by atoms with E-state index >= 15 is 0 Å². The maximum Gasteiger partial charge on any atom is 0.162 e. The van der Waals surface area contributed by atoms with E-state index in [2.05, 4.69) is 33.8 Å². The molecular weight excluding hydrogens is 472 g/mol. The number of allylic oxidation sites excluding steroid dienone is 1. The Bertz CT molecular complexity index is 875. The molecule has 4 heteroatoms. The highest BCUT2D eigenvalue weighted by molar-refractivity contribution is 5.25. The molecule has 5 rings (SSSR count). The summed E-state index contributed by atoms with van der Waals surface area (Å²) < 4.78 is 18.5. The van der Waals surface area contributed by atoms with Gasteiger partial charge in [0.05, 0.1) is 31.5 Å². The van der Waals surface area contributed by atoms with Gasteiger partial charge in [-0.15, -0.1) is 0 Å². The molecule has 0 bridgehead atoms. The number of fused-ring (bicyclic) bond motifs is 5. The van der Waals surface area contributed by atoms with Crippen molar-refractivity contribution < 1.29 is 19.3 Å². The Balaban J connectivity index is 1.21. The van der Waals surface area contributed by atoms with Gasteiger partial charge in [0.1, 0.15) is 0 Å². The summed E-state index contributed by atoms with van der Waals surface area (Å²) in [4.78, 5) is 0. The maximum atomic E-state index is 10.3. The average molecular weight is 531 g/mol. The van der Waals surface area contributed by atoms with Crippen LogP contribution in [0.4, 0.5) is 0 Å². The van der Waals surface area contributed by atoms with Crippen molar-refractivity contribution >= 4 is 0 Å². The van der Waals surface area contributed by atoms with Crippen molar-refractivity contribution in [3.05, 3.63) is 11.6 Å². The van der Waals surface area contributed by atoms with Crippen molar-refractivity contribution in [3.8, 4) is 0 Å². The minimum absolute atomic E-state index is 0.0563. The van der Waals surface area contributed by atoms with Gasteiger partial charge in [0, 0.05) is 5.41 Å². The van der Waals surface area contributed by atoms with Gasteiger partial charge < -0.3 is 19.3 Å². The van der Waals surface area contributed by atoms with Crippen LogP contribution in [0.25, 0.3) is 0 Å². The molecule has 0 radical (unpaired) electrons. The first-order valence-electron chi connectivity index (χ1n) is 16.0. The highest BCUT2D eigenvalue weighted by Gasteiger charge is 2.59. The van der Waals surface area contributed by atoms with E-state index in [4.69, 9.17) is 14.2 Å². The summed E-state index contributed by atoms with van der Waals surface area (Å²) in [6.45, 7) is 20.0. The Morgan fingerprint density at radius 3 is 2.39 bits per heavy atom. The van der Waals surface area contributed by atoms with Crippen molar-refractivity contribution in [3.63, 3.8) is 0 Å². The Kier molecular flexibility index (Phi) is 7.76. The van der Waals surface area contributed by atoms with E-state index in [1.165, 1.54) is 44.9 Å². The number of hydrogen-bond donors (Lipinski definition) is 1. The van der Waals surface area contributed by atoms with Crippen LogP contribution in [-0.4, -0.2) is 42.4 Å². The number of aliphatic hydroxyl groups is 1. The molecule has 4 aliphatic carbocycles. The van der Waals surface area contributed by atoms with E-state index in [9.17, 15) is 5.11 Å². The zero-order chi connectivity index (χ0) is 27.6. The summed E-state index contributed by atoms with van der Waals surface area (Å²) in [6.07, 6.45) is 15.5. The molecular formula is C34H58O4. The van der Waals surface area contributed by atoms with E-state index in [1.807, 2.05) is 27.7 Å². The highest BCUT2D eigenvalue weighted by atomic mass is 16.7. The molecule has 1 aliphatic heterocycles. The third kappa shape index (κ3) is 5.55. The quantitative estimate of drug-likeness (QED) is 0.340. The number of hydrogen-bond acceptors (Lipinski definition) is 4. The minimum atomic E-state index is -0.543. The largest absolute Gasteiger partial charge is 0.390 e. The Morgan fingerprint density at radius 2 is 1.71 bits per heavy atom. The fourth-order valence-corrected chi connectivity index (χ4v) is 9.71. The highest BCUT2D eigenvalue weighted by Crippen LogP contribution is 2.67. The molecule has 0 aromatic rings. The summed E-state index contributed by atoms with van der Waals surface area (Å²) in [5, 5.41) is 10.3. The van der Waals surface area contributed by atoms with Gasteiger partial charge in [-0.25, -0.2) is 0 Å². The van der Waals surface area contributed by atoms with Gasteiger partial charge in [0.2, 0.25) is 0 Å². The second-order valence-electron chi connectivity index (χ2n) is 16.3. The lowest BCUT2D eigenvalue weighted by Gasteiger charge is -2.58. The van der Waals surface area contributed by atoms with Crippen molar-refractivity contribution in [2.45, 2.75) is 137 Å². The summed E-state index contributed by atoms with van der Waals surface area (Å²) in [5.41, 5.74) is 1.95. The molecule has 4 fully saturated rings. The van der Waals surface area contributed by atoms with Gasteiger partial charge in [0.25, 0.3) is 0 Å². The molecule has 4 nitrogen and oxygen atoms in total. The first-order valence-corrected chi connectivity index (χ1v) is 16.0. The first kappa shape index (κ1) is 29.1. The monoisotopic (exact) mass is 530 g/mol. The topological polar surface area (TPSA) is 47.9 Å². The molecule has 0 spiro atoms. The van der Waals surface area contributed by atoms with Gasteiger partial charge >= 0.3 is 0 Å². The molecule has 8 atom stereocenters. The predicted molar refractivity (Wildman–Crippen MR) is 154 cm³/mol. The van der Waals surface area contributed by atoms with Crippen molar-refractivity contribution in [2.24, 2.45) is 45.8 Å². The Hall–Kier alpha value is -0.420. The fourth-order valence-electron chi connectivity index (χ4n) is 9.71. The van der Waals surface area contributed by atoms with Crippen LogP contribution in [0.5, 0.6) is 0 Å². The third-order valence-electron chi connectivity index (χ3n) is 12.2. The molecule has 0 aromatic carbocycles. The van der Waals surface area contributed by atoms with Crippen molar-refractivity contribution in [1.29, 1.82) is 0 Å². The molecule has 1 saturated heterocycles. The molecule has 0 amide bonds. The van der Waals surface area contributed by atoms with Crippen LogP contribution in [0, 0.1) is 45.8 Å². The zero-order valence-electron chi connectivity index (χ0n) is 25.9. The minimum Gasteiger partial charge on any atom is -0.390 e. The number of rotatable bonds is 7. The van der Waals surface area contributed by atoms with Crippen LogP contribution in [0.3, 0.4) is 0 Å². The second kappa shape index (κ2) is 10.1. The van der Waals surface area contributed by atoms with E-state index in [0.29, 0.717) is 36.1 Å². The molecule has 0 aromatic heterocycles. The molecule has 218 valence electrons. The normalized spacial score (nSPS) is 43.0. The van der Waals surface area contributed by atoms with Gasteiger partial charge in [-0.3, -0.25) is 0 Å². The predicted octanol–water partition coefficient (Wildman–Crippen LogP) is 7.93. The lowest BCUT2D eigenvalue weighted by atomic mass is 9.47. The molecule has 5 aliphatic rings. The SMILES string of the molecule is C[C@H](CCC(C)(C)O)[C@H]1CC[C@H]2[C@@H]3CC=C4C[C@@H](OCC5(C)COC(C)(C)OC5)CC[C@]4(C)[C@H]3CC[C@]12C. The second-order valence-corrected chi connectivity index (χ2v) is 16.3. The van der Waals surface area contributed by atoms with E-state index in [1.54, 1.807) is 5.57 Å². The Labute approximate surface area is 233 Å². The Morgan fingerprint density at radius 1 is 1.00 bits per heavy atom. The standard InChI is InChI=1S/C34H58O4/c1-23(13-16-30(2,3)35)27-11-12-28-26-10-9-24-19-25(36-20-32(6)21-37-31(4,5)38-22-32)14-17-33(24,7)29(26)15-18-34(27,28)8/h9,23,25-29,35H,10-22H2,1-8H3/t23-,25+,26+,27-,28+,29+,33+,34-/m1/s1.